The van der Waals surface area contributed by atoms with E-state index in [1.807, 2.05) is 18.7 Å². The highest BCUT2D eigenvalue weighted by Crippen LogP contribution is 2.20. The topological polar surface area (TPSA) is 46.6 Å². The maximum Gasteiger partial charge on any atom is 0.309 e. The number of likely N-dealkylation sites (tertiary alicyclic amines) is 1. The van der Waals surface area contributed by atoms with Crippen LogP contribution in [-0.4, -0.2) is 36.5 Å². The summed E-state index contributed by atoms with van der Waals surface area (Å²) in [5, 5.41) is 0. The third-order valence-corrected chi connectivity index (χ3v) is 2.98. The van der Waals surface area contributed by atoms with Gasteiger partial charge < -0.3 is 9.64 Å². The van der Waals surface area contributed by atoms with Crippen LogP contribution < -0.4 is 0 Å². The van der Waals surface area contributed by atoms with Gasteiger partial charge in [-0.1, -0.05) is 26.5 Å². The number of rotatable bonds is 4. The van der Waals surface area contributed by atoms with E-state index >= 15 is 0 Å². The molecule has 0 aromatic heterocycles. The number of hydrogen-bond acceptors (Lipinski definition) is 3. The van der Waals surface area contributed by atoms with Crippen LogP contribution in [0.3, 0.4) is 0 Å². The number of amides is 1. The zero-order chi connectivity index (χ0) is 12.8. The molecular formula is C13H21NO3. The molecule has 1 saturated heterocycles. The van der Waals surface area contributed by atoms with E-state index in [1.54, 1.807) is 6.08 Å². The van der Waals surface area contributed by atoms with E-state index < -0.39 is 0 Å². The molecule has 0 saturated carbocycles. The van der Waals surface area contributed by atoms with Crippen LogP contribution in [0, 0.1) is 11.8 Å². The van der Waals surface area contributed by atoms with Gasteiger partial charge in [0.2, 0.25) is 5.91 Å². The van der Waals surface area contributed by atoms with Gasteiger partial charge in [-0.25, -0.2) is 0 Å². The second kappa shape index (κ2) is 6.42. The summed E-state index contributed by atoms with van der Waals surface area (Å²) in [6, 6.07) is 0. The Bertz CT molecular complexity index is 291. The number of esters is 1. The fourth-order valence-electron chi connectivity index (χ4n) is 1.96. The molecule has 1 heterocycles. The van der Waals surface area contributed by atoms with Crippen LogP contribution in [0.1, 0.15) is 26.7 Å². The molecule has 1 amide bonds. The SMILES string of the molecule is C=CCOC(=O)C1CCN(C(=O)C(C)C)CC1. The third-order valence-electron chi connectivity index (χ3n) is 2.98. The van der Waals surface area contributed by atoms with Crippen LogP contribution in [-0.2, 0) is 14.3 Å². The second-order valence-corrected chi connectivity index (χ2v) is 4.67. The van der Waals surface area contributed by atoms with Gasteiger partial charge >= 0.3 is 5.97 Å². The maximum atomic E-state index is 11.7. The summed E-state index contributed by atoms with van der Waals surface area (Å²) >= 11 is 0. The van der Waals surface area contributed by atoms with Crippen LogP contribution in [0.4, 0.5) is 0 Å². The molecule has 0 spiro atoms. The van der Waals surface area contributed by atoms with Crippen LogP contribution in [0.25, 0.3) is 0 Å². The Hall–Kier alpha value is -1.32. The van der Waals surface area contributed by atoms with Crippen molar-refractivity contribution in [2.75, 3.05) is 19.7 Å². The molecule has 1 aliphatic rings. The van der Waals surface area contributed by atoms with Gasteiger partial charge in [0.15, 0.2) is 0 Å². The minimum absolute atomic E-state index is 0.0271. The summed E-state index contributed by atoms with van der Waals surface area (Å²) < 4.78 is 5.01. The Labute approximate surface area is 103 Å². The fourth-order valence-corrected chi connectivity index (χ4v) is 1.96. The fraction of sp³-hybridized carbons (Fsp3) is 0.692. The average molecular weight is 239 g/mol. The summed E-state index contributed by atoms with van der Waals surface area (Å²) in [4.78, 5) is 25.2. The quantitative estimate of drug-likeness (QED) is 0.553. The lowest BCUT2D eigenvalue weighted by Gasteiger charge is -2.32. The first-order chi connectivity index (χ1) is 8.06. The lowest BCUT2D eigenvalue weighted by Crippen LogP contribution is -2.42. The van der Waals surface area contributed by atoms with E-state index in [4.69, 9.17) is 4.74 Å². The second-order valence-electron chi connectivity index (χ2n) is 4.67. The molecule has 0 aromatic carbocycles. The molecule has 96 valence electrons. The Morgan fingerprint density at radius 1 is 1.41 bits per heavy atom. The Morgan fingerprint density at radius 2 is 2.00 bits per heavy atom. The van der Waals surface area contributed by atoms with Crippen LogP contribution in [0.2, 0.25) is 0 Å². The lowest BCUT2D eigenvalue weighted by atomic mass is 9.96. The summed E-state index contributed by atoms with van der Waals surface area (Å²) in [7, 11) is 0. The molecule has 0 atom stereocenters. The molecule has 1 aliphatic heterocycles. The minimum Gasteiger partial charge on any atom is -0.461 e. The first kappa shape index (κ1) is 13.7. The number of piperidine rings is 1. The average Bonchev–Trinajstić information content (AvgIpc) is 2.35. The highest BCUT2D eigenvalue weighted by molar-refractivity contribution is 5.79. The monoisotopic (exact) mass is 239 g/mol. The van der Waals surface area contributed by atoms with Crippen LogP contribution in [0.15, 0.2) is 12.7 Å². The van der Waals surface area contributed by atoms with E-state index in [1.165, 1.54) is 0 Å². The zero-order valence-electron chi connectivity index (χ0n) is 10.6. The normalized spacial score (nSPS) is 17.0. The Kier molecular flexibility index (Phi) is 5.19. The van der Waals surface area contributed by atoms with E-state index in [0.29, 0.717) is 25.9 Å². The molecular weight excluding hydrogens is 218 g/mol. The molecule has 1 rings (SSSR count). The van der Waals surface area contributed by atoms with Crippen molar-refractivity contribution in [1.82, 2.24) is 4.90 Å². The molecule has 0 aromatic rings. The first-order valence-corrected chi connectivity index (χ1v) is 6.12. The van der Waals surface area contributed by atoms with Crippen LogP contribution in [0.5, 0.6) is 0 Å². The molecule has 4 nitrogen and oxygen atoms in total. The zero-order valence-corrected chi connectivity index (χ0v) is 10.6. The Morgan fingerprint density at radius 3 is 2.47 bits per heavy atom. The van der Waals surface area contributed by atoms with Gasteiger partial charge in [0.05, 0.1) is 5.92 Å². The number of nitrogens with zero attached hydrogens (tertiary/aromatic N) is 1. The molecule has 0 N–H and O–H groups in total. The van der Waals surface area contributed by atoms with Crippen molar-refractivity contribution >= 4 is 11.9 Å². The molecule has 4 heteroatoms. The van der Waals surface area contributed by atoms with Gasteiger partial charge in [0, 0.05) is 19.0 Å². The van der Waals surface area contributed by atoms with Crippen molar-refractivity contribution in [3.63, 3.8) is 0 Å². The predicted molar refractivity (Wildman–Crippen MR) is 65.3 cm³/mol. The van der Waals surface area contributed by atoms with E-state index in [-0.39, 0.29) is 30.3 Å². The van der Waals surface area contributed by atoms with Gasteiger partial charge in [-0.3, -0.25) is 9.59 Å². The van der Waals surface area contributed by atoms with E-state index in [0.717, 1.165) is 0 Å². The van der Waals surface area contributed by atoms with Gasteiger partial charge in [0.25, 0.3) is 0 Å². The molecule has 0 aliphatic carbocycles. The Balaban J connectivity index is 2.37. The van der Waals surface area contributed by atoms with E-state index in [9.17, 15) is 9.59 Å². The highest BCUT2D eigenvalue weighted by atomic mass is 16.5. The summed E-state index contributed by atoms with van der Waals surface area (Å²) in [6.07, 6.45) is 2.97. The number of carbonyl (C=O) groups excluding carboxylic acids is 2. The number of hydrogen-bond donors (Lipinski definition) is 0. The number of ether oxygens (including phenoxy) is 1. The summed E-state index contributed by atoms with van der Waals surface area (Å²) in [5.41, 5.74) is 0. The molecule has 0 radical (unpaired) electrons. The largest absolute Gasteiger partial charge is 0.461 e. The molecule has 0 unspecified atom stereocenters. The van der Waals surface area contributed by atoms with Gasteiger partial charge in [-0.05, 0) is 12.8 Å². The minimum atomic E-state index is -0.165. The smallest absolute Gasteiger partial charge is 0.309 e. The maximum absolute atomic E-state index is 11.7. The molecule has 17 heavy (non-hydrogen) atoms. The lowest BCUT2D eigenvalue weighted by molar-refractivity contribution is -0.151. The van der Waals surface area contributed by atoms with Crippen LogP contribution >= 0.6 is 0 Å². The molecule has 1 fully saturated rings. The van der Waals surface area contributed by atoms with Crippen molar-refractivity contribution in [2.24, 2.45) is 11.8 Å². The van der Waals surface area contributed by atoms with Gasteiger partial charge in [-0.15, -0.1) is 0 Å². The first-order valence-electron chi connectivity index (χ1n) is 6.12. The highest BCUT2D eigenvalue weighted by Gasteiger charge is 2.28. The molecule has 0 bridgehead atoms. The third kappa shape index (κ3) is 3.88. The standard InChI is InChI=1S/C13H21NO3/c1-4-9-17-13(16)11-5-7-14(8-6-11)12(15)10(2)3/h4,10-11H,1,5-9H2,2-3H3. The summed E-state index contributed by atoms with van der Waals surface area (Å²) in [6.45, 7) is 8.88. The van der Waals surface area contributed by atoms with Gasteiger partial charge in [-0.2, -0.15) is 0 Å². The van der Waals surface area contributed by atoms with E-state index in [2.05, 4.69) is 6.58 Å². The van der Waals surface area contributed by atoms with Gasteiger partial charge in [0.1, 0.15) is 6.61 Å². The van der Waals surface area contributed by atoms with Crippen molar-refractivity contribution in [3.05, 3.63) is 12.7 Å². The van der Waals surface area contributed by atoms with Crippen molar-refractivity contribution < 1.29 is 14.3 Å². The number of carbonyl (C=O) groups is 2. The summed E-state index contributed by atoms with van der Waals surface area (Å²) in [5.74, 6) is -0.0325. The van der Waals surface area contributed by atoms with Crippen molar-refractivity contribution in [1.29, 1.82) is 0 Å². The van der Waals surface area contributed by atoms with Crippen molar-refractivity contribution in [3.8, 4) is 0 Å². The predicted octanol–water partition coefficient (Wildman–Crippen LogP) is 1.61. The van der Waals surface area contributed by atoms with Crippen molar-refractivity contribution in [2.45, 2.75) is 26.7 Å².